The van der Waals surface area contributed by atoms with Crippen molar-refractivity contribution >= 4 is 17.5 Å². The number of rotatable bonds is 4. The number of likely N-dealkylation sites (tertiary alicyclic amines) is 1. The maximum atomic E-state index is 13.4. The average Bonchev–Trinajstić information content (AvgIpc) is 3.55. The number of hydrogen-bond acceptors (Lipinski definition) is 4. The summed E-state index contributed by atoms with van der Waals surface area (Å²) in [5.41, 5.74) is 2.22. The number of halogens is 1. The number of benzene rings is 1. The van der Waals surface area contributed by atoms with Crippen molar-refractivity contribution in [3.8, 4) is 11.3 Å². The first-order valence-electron chi connectivity index (χ1n) is 10.6. The van der Waals surface area contributed by atoms with Gasteiger partial charge in [-0.05, 0) is 43.4 Å². The van der Waals surface area contributed by atoms with Crippen molar-refractivity contribution < 1.29 is 4.79 Å². The van der Waals surface area contributed by atoms with Crippen molar-refractivity contribution in [3.63, 3.8) is 0 Å². The summed E-state index contributed by atoms with van der Waals surface area (Å²) in [5.74, 6) is 1.23. The van der Waals surface area contributed by atoms with Gasteiger partial charge in [0.15, 0.2) is 0 Å². The summed E-state index contributed by atoms with van der Waals surface area (Å²) in [7, 11) is 0. The summed E-state index contributed by atoms with van der Waals surface area (Å²) in [4.78, 5) is 15.3. The van der Waals surface area contributed by atoms with Gasteiger partial charge in [0.1, 0.15) is 17.8 Å². The molecule has 3 heterocycles. The summed E-state index contributed by atoms with van der Waals surface area (Å²) in [5, 5.41) is 16.5. The van der Waals surface area contributed by atoms with E-state index in [0.717, 1.165) is 43.0 Å². The number of amides is 1. The number of hydrogen-bond donors (Lipinski definition) is 1. The van der Waals surface area contributed by atoms with Crippen molar-refractivity contribution in [2.75, 3.05) is 13.1 Å². The number of nitrogens with zero attached hydrogens (tertiary/aromatic N) is 5. The molecule has 2 aromatic heterocycles. The van der Waals surface area contributed by atoms with E-state index in [1.165, 1.54) is 12.8 Å². The number of aromatic nitrogens is 5. The van der Waals surface area contributed by atoms with E-state index in [4.69, 9.17) is 11.6 Å². The molecule has 30 heavy (non-hydrogen) atoms. The number of aromatic amines is 1. The summed E-state index contributed by atoms with van der Waals surface area (Å²) < 4.78 is 2.12. The first-order chi connectivity index (χ1) is 14.6. The maximum absolute atomic E-state index is 13.4. The highest BCUT2D eigenvalue weighted by molar-refractivity contribution is 6.30. The minimum Gasteiger partial charge on any atom is -0.336 e. The highest BCUT2D eigenvalue weighted by Crippen LogP contribution is 2.53. The van der Waals surface area contributed by atoms with Crippen LogP contribution < -0.4 is 0 Å². The van der Waals surface area contributed by atoms with Crippen molar-refractivity contribution in [2.45, 2.75) is 45.1 Å². The smallest absolute Gasteiger partial charge is 0.271 e. The molecule has 1 spiro atoms. The van der Waals surface area contributed by atoms with Gasteiger partial charge in [0.2, 0.25) is 0 Å². The molecule has 1 unspecified atom stereocenters. The monoisotopic (exact) mass is 424 g/mol. The van der Waals surface area contributed by atoms with Gasteiger partial charge in [-0.15, -0.1) is 10.2 Å². The lowest BCUT2D eigenvalue weighted by atomic mass is 9.76. The number of carbonyl (C=O) groups is 1. The van der Waals surface area contributed by atoms with Gasteiger partial charge < -0.3 is 9.47 Å². The zero-order chi connectivity index (χ0) is 20.7. The van der Waals surface area contributed by atoms with Crippen LogP contribution in [-0.2, 0) is 6.54 Å². The zero-order valence-corrected chi connectivity index (χ0v) is 17.8. The molecule has 1 aromatic carbocycles. The molecular weight excluding hydrogens is 400 g/mol. The minimum atomic E-state index is -0.00730. The van der Waals surface area contributed by atoms with E-state index in [2.05, 4.69) is 31.9 Å². The lowest BCUT2D eigenvalue weighted by Gasteiger charge is -2.29. The van der Waals surface area contributed by atoms with Crippen LogP contribution in [0.5, 0.6) is 0 Å². The minimum absolute atomic E-state index is 0.00730. The van der Waals surface area contributed by atoms with Crippen LogP contribution in [-0.4, -0.2) is 48.9 Å². The summed E-state index contributed by atoms with van der Waals surface area (Å²) in [6, 6.07) is 9.31. The van der Waals surface area contributed by atoms with E-state index >= 15 is 0 Å². The molecule has 0 bridgehead atoms. The van der Waals surface area contributed by atoms with E-state index in [1.54, 1.807) is 6.33 Å². The maximum Gasteiger partial charge on any atom is 0.271 e. The van der Waals surface area contributed by atoms with Crippen molar-refractivity contribution in [2.24, 2.45) is 5.41 Å². The van der Waals surface area contributed by atoms with Crippen LogP contribution in [0.1, 0.15) is 54.8 Å². The van der Waals surface area contributed by atoms with Crippen molar-refractivity contribution in [1.29, 1.82) is 0 Å². The molecule has 1 saturated heterocycles. The largest absolute Gasteiger partial charge is 0.336 e. The Morgan fingerprint density at radius 1 is 1.30 bits per heavy atom. The molecule has 0 radical (unpaired) electrons. The Kier molecular flexibility index (Phi) is 4.85. The third-order valence-corrected chi connectivity index (χ3v) is 7.00. The number of aryl methyl sites for hydroxylation is 1. The number of carbonyl (C=O) groups excluding carboxylic acids is 1. The first kappa shape index (κ1) is 19.3. The first-order valence-corrected chi connectivity index (χ1v) is 11.0. The summed E-state index contributed by atoms with van der Waals surface area (Å²) in [6.45, 7) is 4.38. The normalized spacial score (nSPS) is 20.3. The average molecular weight is 425 g/mol. The van der Waals surface area contributed by atoms with Gasteiger partial charge in [0.25, 0.3) is 5.91 Å². The predicted molar refractivity (Wildman–Crippen MR) is 114 cm³/mol. The van der Waals surface area contributed by atoms with E-state index in [0.29, 0.717) is 17.3 Å². The van der Waals surface area contributed by atoms with Gasteiger partial charge in [-0.25, -0.2) is 0 Å². The quantitative estimate of drug-likeness (QED) is 0.682. The van der Waals surface area contributed by atoms with Gasteiger partial charge >= 0.3 is 0 Å². The highest BCUT2D eigenvalue weighted by atomic mass is 35.5. The fourth-order valence-corrected chi connectivity index (χ4v) is 5.43. The second-order valence-electron chi connectivity index (χ2n) is 8.46. The predicted octanol–water partition coefficient (Wildman–Crippen LogP) is 4.14. The van der Waals surface area contributed by atoms with Gasteiger partial charge in [-0.1, -0.05) is 36.6 Å². The Morgan fingerprint density at radius 3 is 2.90 bits per heavy atom. The van der Waals surface area contributed by atoms with Gasteiger partial charge in [-0.3, -0.25) is 9.89 Å². The highest BCUT2D eigenvalue weighted by Gasteiger charge is 2.51. The van der Waals surface area contributed by atoms with E-state index in [-0.39, 0.29) is 17.2 Å². The molecule has 5 rings (SSSR count). The summed E-state index contributed by atoms with van der Waals surface area (Å²) >= 11 is 6.10. The Morgan fingerprint density at radius 2 is 2.13 bits per heavy atom. The fraction of sp³-hybridized carbons (Fsp3) is 0.455. The van der Waals surface area contributed by atoms with Crippen molar-refractivity contribution in [1.82, 2.24) is 29.9 Å². The van der Waals surface area contributed by atoms with Crippen LogP contribution >= 0.6 is 11.6 Å². The lowest BCUT2D eigenvalue weighted by Crippen LogP contribution is -2.31. The van der Waals surface area contributed by atoms with E-state index in [1.807, 2.05) is 35.2 Å². The standard InChI is InChI=1S/C22H25ClN6O/c1-2-28-14-24-27-20(28)17-12-29(13-22(17)8-3-4-9-22)21(30)19-11-18(25-26-19)15-6-5-7-16(23)10-15/h5-7,10-11,14,17H,2-4,8-9,12-13H2,1H3,(H,25,26). The SMILES string of the molecule is CCn1cnnc1C1CN(C(=O)c2cc(-c3cccc(Cl)c3)n[nH]2)CC12CCCC2. The molecule has 3 aromatic rings. The Hall–Kier alpha value is -2.67. The van der Waals surface area contributed by atoms with Crippen LogP contribution in [0.15, 0.2) is 36.7 Å². The molecule has 1 amide bonds. The van der Waals surface area contributed by atoms with E-state index < -0.39 is 0 Å². The topological polar surface area (TPSA) is 79.7 Å². The molecule has 2 aliphatic rings. The van der Waals surface area contributed by atoms with Gasteiger partial charge in [0.05, 0.1) is 5.69 Å². The molecule has 1 aliphatic heterocycles. The van der Waals surface area contributed by atoms with Gasteiger partial charge in [0, 0.05) is 36.1 Å². The Labute approximate surface area is 180 Å². The Balaban J connectivity index is 1.42. The van der Waals surface area contributed by atoms with Crippen LogP contribution in [0.25, 0.3) is 11.3 Å². The molecule has 7 nitrogen and oxygen atoms in total. The molecule has 1 N–H and O–H groups in total. The molecule has 156 valence electrons. The van der Waals surface area contributed by atoms with Gasteiger partial charge in [-0.2, -0.15) is 5.10 Å². The number of nitrogens with one attached hydrogen (secondary N) is 1. The third kappa shape index (κ3) is 3.21. The molecule has 1 saturated carbocycles. The number of H-pyrrole nitrogens is 1. The van der Waals surface area contributed by atoms with E-state index in [9.17, 15) is 4.79 Å². The molecule has 1 aliphatic carbocycles. The fourth-order valence-electron chi connectivity index (χ4n) is 5.24. The van der Waals surface area contributed by atoms with Crippen LogP contribution in [0.2, 0.25) is 5.02 Å². The molecular formula is C22H25ClN6O. The zero-order valence-electron chi connectivity index (χ0n) is 17.0. The second-order valence-corrected chi connectivity index (χ2v) is 8.90. The summed E-state index contributed by atoms with van der Waals surface area (Å²) in [6.07, 6.45) is 6.49. The Bertz CT molecular complexity index is 1070. The van der Waals surface area contributed by atoms with Crippen LogP contribution in [0, 0.1) is 5.41 Å². The van der Waals surface area contributed by atoms with Crippen molar-refractivity contribution in [3.05, 3.63) is 53.2 Å². The van der Waals surface area contributed by atoms with Crippen LogP contribution in [0.3, 0.4) is 0 Å². The third-order valence-electron chi connectivity index (χ3n) is 6.76. The molecule has 2 fully saturated rings. The molecule has 1 atom stereocenters. The second kappa shape index (κ2) is 7.54. The van der Waals surface area contributed by atoms with Crippen LogP contribution in [0.4, 0.5) is 0 Å². The molecule has 8 heteroatoms. The lowest BCUT2D eigenvalue weighted by molar-refractivity contribution is 0.0767.